The Morgan fingerprint density at radius 1 is 1.43 bits per heavy atom. The van der Waals surface area contributed by atoms with Crippen LogP contribution in [0.4, 0.5) is 0 Å². The van der Waals surface area contributed by atoms with Crippen molar-refractivity contribution in [1.82, 2.24) is 10.5 Å². The van der Waals surface area contributed by atoms with Crippen molar-refractivity contribution in [2.45, 2.75) is 20.3 Å². The van der Waals surface area contributed by atoms with Gasteiger partial charge in [0.2, 0.25) is 0 Å². The number of nitrogens with zero attached hydrogens (tertiary/aromatic N) is 1. The van der Waals surface area contributed by atoms with Gasteiger partial charge in [-0.05, 0) is 18.9 Å². The Morgan fingerprint density at radius 2 is 2.14 bits per heavy atom. The molecule has 2 rings (SSSR count). The van der Waals surface area contributed by atoms with Gasteiger partial charge in [0.25, 0.3) is 5.91 Å². The minimum Gasteiger partial charge on any atom is -0.398 e. The van der Waals surface area contributed by atoms with Gasteiger partial charge in [-0.15, -0.1) is 0 Å². The summed E-state index contributed by atoms with van der Waals surface area (Å²) in [6.07, 6.45) is 2.27. The zero-order valence-electron chi connectivity index (χ0n) is 12.4. The topological polar surface area (TPSA) is 81.2 Å². The number of carbonyl (C=O) groups is 1. The van der Waals surface area contributed by atoms with Gasteiger partial charge in [0.15, 0.2) is 5.76 Å². The van der Waals surface area contributed by atoms with Crippen LogP contribution in [0.25, 0.3) is 11.8 Å². The molecule has 0 aliphatic rings. The van der Waals surface area contributed by atoms with Crippen LogP contribution in [0.1, 0.15) is 39.9 Å². The van der Waals surface area contributed by atoms with E-state index in [4.69, 9.17) is 10.3 Å². The molecular weight excluding hydrogens is 266 g/mol. The van der Waals surface area contributed by atoms with Crippen LogP contribution in [0.15, 0.2) is 28.8 Å². The van der Waals surface area contributed by atoms with E-state index in [2.05, 4.69) is 10.5 Å². The van der Waals surface area contributed by atoms with E-state index in [0.29, 0.717) is 29.1 Å². The first-order chi connectivity index (χ1) is 10.1. The van der Waals surface area contributed by atoms with Crippen molar-refractivity contribution in [1.29, 1.82) is 0 Å². The van der Waals surface area contributed by atoms with E-state index >= 15 is 0 Å². The lowest BCUT2D eigenvalue weighted by molar-refractivity contribution is 0.0961. The molecule has 0 aliphatic carbocycles. The van der Waals surface area contributed by atoms with Gasteiger partial charge in [-0.3, -0.25) is 4.79 Å². The number of amides is 1. The largest absolute Gasteiger partial charge is 0.398 e. The van der Waals surface area contributed by atoms with Crippen LogP contribution in [0, 0.1) is 6.92 Å². The maximum absolute atomic E-state index is 12.0. The van der Waals surface area contributed by atoms with Crippen LogP contribution >= 0.6 is 0 Å². The van der Waals surface area contributed by atoms with Gasteiger partial charge < -0.3 is 15.6 Å². The van der Waals surface area contributed by atoms with Gasteiger partial charge >= 0.3 is 0 Å². The van der Waals surface area contributed by atoms with Crippen molar-refractivity contribution in [3.63, 3.8) is 0 Å². The minimum absolute atomic E-state index is 0.225. The lowest BCUT2D eigenvalue weighted by Crippen LogP contribution is -2.19. The van der Waals surface area contributed by atoms with Crippen molar-refractivity contribution in [2.24, 2.45) is 5.73 Å². The first-order valence-electron chi connectivity index (χ1n) is 6.82. The lowest BCUT2D eigenvalue weighted by Gasteiger charge is -2.05. The van der Waals surface area contributed by atoms with E-state index in [9.17, 15) is 4.79 Å². The van der Waals surface area contributed by atoms with E-state index in [-0.39, 0.29) is 5.91 Å². The van der Waals surface area contributed by atoms with Crippen LogP contribution in [0.5, 0.6) is 0 Å². The molecule has 0 unspecified atom stereocenters. The summed E-state index contributed by atoms with van der Waals surface area (Å²) in [5.74, 6) is 0.156. The number of nitrogens with two attached hydrogens (primary N) is 1. The number of hydrogen-bond donors (Lipinski definition) is 2. The number of rotatable bonds is 4. The molecule has 110 valence electrons. The fraction of sp³-hybridized carbons (Fsp3) is 0.250. The highest BCUT2D eigenvalue weighted by atomic mass is 16.5. The van der Waals surface area contributed by atoms with E-state index in [1.807, 2.05) is 38.1 Å². The summed E-state index contributed by atoms with van der Waals surface area (Å²) in [6, 6.07) is 7.78. The smallest absolute Gasteiger partial charge is 0.256 e. The second-order valence-electron chi connectivity index (χ2n) is 4.72. The van der Waals surface area contributed by atoms with Crippen LogP contribution in [0.2, 0.25) is 0 Å². The van der Waals surface area contributed by atoms with Gasteiger partial charge in [0, 0.05) is 24.4 Å². The van der Waals surface area contributed by atoms with E-state index in [0.717, 1.165) is 11.1 Å². The molecule has 0 saturated carbocycles. The first-order valence-corrected chi connectivity index (χ1v) is 6.82. The molecule has 5 heteroatoms. The Bertz CT molecular complexity index is 687. The number of nitrogens with one attached hydrogen (secondary N) is 1. The molecule has 2 aromatic rings. The molecule has 0 aliphatic heterocycles. The molecule has 1 heterocycles. The van der Waals surface area contributed by atoms with Gasteiger partial charge in [0.05, 0.1) is 5.69 Å². The van der Waals surface area contributed by atoms with Crippen molar-refractivity contribution >= 4 is 17.7 Å². The summed E-state index contributed by atoms with van der Waals surface area (Å²) in [6.45, 7) is 3.90. The fourth-order valence-electron chi connectivity index (χ4n) is 2.16. The number of aryl methyl sites for hydroxylation is 2. The Hall–Kier alpha value is -2.56. The molecule has 5 nitrogen and oxygen atoms in total. The Morgan fingerprint density at radius 3 is 2.76 bits per heavy atom. The highest BCUT2D eigenvalue weighted by Crippen LogP contribution is 2.21. The molecule has 0 atom stereocenters. The number of benzene rings is 1. The lowest BCUT2D eigenvalue weighted by atomic mass is 10.0. The van der Waals surface area contributed by atoms with Gasteiger partial charge in [-0.1, -0.05) is 36.3 Å². The van der Waals surface area contributed by atoms with Crippen LogP contribution in [-0.4, -0.2) is 18.1 Å². The standard InChI is InChI=1S/C16H19N3O2/c1-4-13-15(16(20)18-3)14(21-19-13)9-12(17)11-8-6-5-7-10(11)2/h5-9H,4,17H2,1-3H3,(H,18,20)/b12-9-. The summed E-state index contributed by atoms with van der Waals surface area (Å²) in [5.41, 5.74) is 9.70. The number of hydrogen-bond acceptors (Lipinski definition) is 4. The van der Waals surface area contributed by atoms with Crippen molar-refractivity contribution < 1.29 is 9.32 Å². The maximum atomic E-state index is 12.0. The average Bonchev–Trinajstić information content (AvgIpc) is 2.89. The quantitative estimate of drug-likeness (QED) is 0.903. The van der Waals surface area contributed by atoms with Crippen molar-refractivity contribution in [3.05, 3.63) is 52.4 Å². The Balaban J connectivity index is 2.48. The molecule has 1 aromatic carbocycles. The molecule has 1 aromatic heterocycles. The van der Waals surface area contributed by atoms with E-state index < -0.39 is 0 Å². The highest BCUT2D eigenvalue weighted by molar-refractivity contribution is 5.99. The normalized spacial score (nSPS) is 11.5. The predicted octanol–water partition coefficient (Wildman–Crippen LogP) is 2.36. The summed E-state index contributed by atoms with van der Waals surface area (Å²) < 4.78 is 5.27. The van der Waals surface area contributed by atoms with E-state index in [1.54, 1.807) is 13.1 Å². The van der Waals surface area contributed by atoms with Crippen LogP contribution in [-0.2, 0) is 6.42 Å². The van der Waals surface area contributed by atoms with Gasteiger partial charge in [-0.2, -0.15) is 0 Å². The molecule has 1 amide bonds. The van der Waals surface area contributed by atoms with Crippen LogP contribution < -0.4 is 11.1 Å². The van der Waals surface area contributed by atoms with Crippen molar-refractivity contribution in [2.75, 3.05) is 7.05 Å². The molecule has 0 saturated heterocycles. The van der Waals surface area contributed by atoms with Crippen LogP contribution in [0.3, 0.4) is 0 Å². The zero-order valence-corrected chi connectivity index (χ0v) is 12.4. The Labute approximate surface area is 123 Å². The summed E-state index contributed by atoms with van der Waals surface area (Å²) in [7, 11) is 1.58. The third kappa shape index (κ3) is 2.97. The minimum atomic E-state index is -0.225. The molecule has 0 bridgehead atoms. The molecule has 0 spiro atoms. The molecular formula is C16H19N3O2. The third-order valence-corrected chi connectivity index (χ3v) is 3.32. The second-order valence-corrected chi connectivity index (χ2v) is 4.72. The molecule has 3 N–H and O–H groups in total. The van der Waals surface area contributed by atoms with Gasteiger partial charge in [-0.25, -0.2) is 0 Å². The molecule has 0 fully saturated rings. The summed E-state index contributed by atoms with van der Waals surface area (Å²) in [5, 5.41) is 6.53. The van der Waals surface area contributed by atoms with Crippen molar-refractivity contribution in [3.8, 4) is 0 Å². The highest BCUT2D eigenvalue weighted by Gasteiger charge is 2.20. The summed E-state index contributed by atoms with van der Waals surface area (Å²) in [4.78, 5) is 12.0. The Kier molecular flexibility index (Phi) is 4.42. The molecule has 21 heavy (non-hydrogen) atoms. The maximum Gasteiger partial charge on any atom is 0.256 e. The van der Waals surface area contributed by atoms with Gasteiger partial charge in [0.1, 0.15) is 5.56 Å². The first kappa shape index (κ1) is 14.8. The third-order valence-electron chi connectivity index (χ3n) is 3.32. The zero-order chi connectivity index (χ0) is 15.4. The number of aromatic nitrogens is 1. The SMILES string of the molecule is CCc1noc(/C=C(\N)c2ccccc2C)c1C(=O)NC. The monoisotopic (exact) mass is 285 g/mol. The fourth-order valence-corrected chi connectivity index (χ4v) is 2.16. The average molecular weight is 285 g/mol. The number of carbonyl (C=O) groups excluding carboxylic acids is 1. The predicted molar refractivity (Wildman–Crippen MR) is 82.5 cm³/mol. The second kappa shape index (κ2) is 6.26. The summed E-state index contributed by atoms with van der Waals surface area (Å²) >= 11 is 0. The van der Waals surface area contributed by atoms with E-state index in [1.165, 1.54) is 0 Å². The molecule has 0 radical (unpaired) electrons.